The van der Waals surface area contributed by atoms with Gasteiger partial charge >= 0.3 is 0 Å². The van der Waals surface area contributed by atoms with Crippen LogP contribution in [0, 0.1) is 25.2 Å². The molecule has 2 heterocycles. The number of fused-ring (bicyclic) bond motifs is 1. The van der Waals surface area contributed by atoms with Crippen molar-refractivity contribution in [3.63, 3.8) is 0 Å². The number of nitrogen functional groups attached to an aromatic ring is 1. The van der Waals surface area contributed by atoms with Crippen LogP contribution >= 0.6 is 11.8 Å². The smallest absolute Gasteiger partial charge is 0.232 e. The normalized spacial score (nSPS) is 12.4. The summed E-state index contributed by atoms with van der Waals surface area (Å²) < 4.78 is 0. The van der Waals surface area contributed by atoms with Gasteiger partial charge in [-0.2, -0.15) is 20.2 Å². The third-order valence-electron chi connectivity index (χ3n) is 5.01. The zero-order valence-electron chi connectivity index (χ0n) is 16.4. The van der Waals surface area contributed by atoms with Gasteiger partial charge < -0.3 is 11.1 Å². The Balaban J connectivity index is 1.57. The molecule has 1 aliphatic rings. The average Bonchev–Trinajstić information content (AvgIpc) is 3.17. The lowest BCUT2D eigenvalue weighted by Crippen LogP contribution is -2.07. The van der Waals surface area contributed by atoms with E-state index in [0.717, 1.165) is 46.8 Å². The lowest BCUT2D eigenvalue weighted by molar-refractivity contribution is 0.890. The van der Waals surface area contributed by atoms with Gasteiger partial charge in [0.2, 0.25) is 11.9 Å². The van der Waals surface area contributed by atoms with E-state index in [-0.39, 0.29) is 5.95 Å². The van der Waals surface area contributed by atoms with Crippen molar-refractivity contribution >= 4 is 29.3 Å². The van der Waals surface area contributed by atoms with Crippen molar-refractivity contribution in [3.05, 3.63) is 58.0 Å². The third-order valence-corrected chi connectivity index (χ3v) is 5.98. The minimum absolute atomic E-state index is 0.158. The highest BCUT2D eigenvalue weighted by Crippen LogP contribution is 2.32. The van der Waals surface area contributed by atoms with Gasteiger partial charge in [-0.3, -0.25) is 0 Å². The molecule has 8 heteroatoms. The van der Waals surface area contributed by atoms with Crippen LogP contribution in [-0.2, 0) is 18.6 Å². The number of benzene rings is 1. The molecule has 0 amide bonds. The molecule has 0 unspecified atom stereocenters. The Hall–Kier alpha value is -3.18. The Morgan fingerprint density at radius 1 is 1.14 bits per heavy atom. The Bertz CT molecular complexity index is 1120. The number of pyridine rings is 1. The van der Waals surface area contributed by atoms with Gasteiger partial charge in [0.25, 0.3) is 0 Å². The van der Waals surface area contributed by atoms with Crippen LogP contribution in [-0.4, -0.2) is 19.9 Å². The molecule has 0 radical (unpaired) electrons. The number of nitrogens with zero attached hydrogens (tertiary/aromatic N) is 5. The molecule has 1 aromatic carbocycles. The van der Waals surface area contributed by atoms with E-state index in [1.807, 2.05) is 38.1 Å². The molecule has 0 fully saturated rings. The minimum Gasteiger partial charge on any atom is -0.368 e. The molecule has 3 aromatic rings. The van der Waals surface area contributed by atoms with Gasteiger partial charge in [-0.25, -0.2) is 4.98 Å². The van der Waals surface area contributed by atoms with Crippen LogP contribution < -0.4 is 11.1 Å². The van der Waals surface area contributed by atoms with Crippen LogP contribution in [0.15, 0.2) is 29.3 Å². The van der Waals surface area contributed by atoms with Gasteiger partial charge in [-0.15, -0.1) is 0 Å². The maximum atomic E-state index is 9.63. The lowest BCUT2D eigenvalue weighted by Gasteiger charge is -2.11. The second-order valence-electron chi connectivity index (χ2n) is 6.97. The van der Waals surface area contributed by atoms with Crippen molar-refractivity contribution in [3.8, 4) is 6.07 Å². The van der Waals surface area contributed by atoms with Crippen molar-refractivity contribution in [2.75, 3.05) is 11.1 Å². The molecule has 0 saturated heterocycles. The number of hydrogen-bond acceptors (Lipinski definition) is 8. The summed E-state index contributed by atoms with van der Waals surface area (Å²) in [5, 5.41) is 13.6. The number of nitriles is 1. The molecule has 3 N–H and O–H groups in total. The Labute approximate surface area is 173 Å². The molecule has 146 valence electrons. The van der Waals surface area contributed by atoms with Gasteiger partial charge in [-0.1, -0.05) is 30.0 Å². The first-order valence-corrected chi connectivity index (χ1v) is 10.4. The zero-order valence-corrected chi connectivity index (χ0v) is 17.2. The summed E-state index contributed by atoms with van der Waals surface area (Å²) in [7, 11) is 0. The largest absolute Gasteiger partial charge is 0.368 e. The summed E-state index contributed by atoms with van der Waals surface area (Å²) in [6.45, 7) is 4.02. The van der Waals surface area contributed by atoms with Crippen LogP contribution in [0.4, 0.5) is 17.6 Å². The first kappa shape index (κ1) is 19.2. The Kier molecular flexibility index (Phi) is 5.32. The number of thioether (sulfide) groups is 1. The first-order chi connectivity index (χ1) is 14.0. The van der Waals surface area contributed by atoms with Gasteiger partial charge in [0.1, 0.15) is 16.9 Å². The highest BCUT2D eigenvalue weighted by Gasteiger charge is 2.21. The van der Waals surface area contributed by atoms with Crippen molar-refractivity contribution < 1.29 is 0 Å². The van der Waals surface area contributed by atoms with E-state index < -0.39 is 0 Å². The van der Waals surface area contributed by atoms with Crippen molar-refractivity contribution in [1.29, 1.82) is 5.26 Å². The van der Waals surface area contributed by atoms with E-state index in [1.165, 1.54) is 17.3 Å². The third kappa shape index (κ3) is 4.00. The van der Waals surface area contributed by atoms with E-state index in [9.17, 15) is 5.26 Å². The number of para-hydroxylation sites is 1. The van der Waals surface area contributed by atoms with Crippen LogP contribution in [0.1, 0.15) is 40.2 Å². The number of nitrogens with one attached hydrogen (secondary N) is 1. The van der Waals surface area contributed by atoms with Crippen LogP contribution in [0.25, 0.3) is 0 Å². The predicted molar refractivity (Wildman–Crippen MR) is 114 cm³/mol. The summed E-state index contributed by atoms with van der Waals surface area (Å²) in [6, 6.07) is 10.2. The van der Waals surface area contributed by atoms with Crippen molar-refractivity contribution in [1.82, 2.24) is 19.9 Å². The standard InChI is InChI=1S/C21H21N7S/c1-12-6-3-4-8-16(12)25-21-27-18(26-20(23)28-21)11-29-19-15(10-22)13(2)14-7-5-9-17(14)24-19/h3-4,6,8H,5,7,9,11H2,1-2H3,(H3,23,25,26,27,28). The maximum absolute atomic E-state index is 9.63. The molecule has 29 heavy (non-hydrogen) atoms. The van der Waals surface area contributed by atoms with Crippen molar-refractivity contribution in [2.24, 2.45) is 0 Å². The van der Waals surface area contributed by atoms with E-state index in [4.69, 9.17) is 10.7 Å². The van der Waals surface area contributed by atoms with Crippen LogP contribution in [0.5, 0.6) is 0 Å². The summed E-state index contributed by atoms with van der Waals surface area (Å²) in [5.74, 6) is 1.56. The topological polar surface area (TPSA) is 113 Å². The monoisotopic (exact) mass is 403 g/mol. The number of anilines is 3. The van der Waals surface area contributed by atoms with Crippen molar-refractivity contribution in [2.45, 2.75) is 43.9 Å². The van der Waals surface area contributed by atoms with Crippen LogP contribution in [0.2, 0.25) is 0 Å². The molecule has 4 rings (SSSR count). The minimum atomic E-state index is 0.158. The number of aromatic nitrogens is 4. The zero-order chi connectivity index (χ0) is 20.4. The fourth-order valence-corrected chi connectivity index (χ4v) is 4.42. The fourth-order valence-electron chi connectivity index (χ4n) is 3.51. The predicted octanol–water partition coefficient (Wildman–Crippen LogP) is 3.86. The second kappa shape index (κ2) is 8.05. The van der Waals surface area contributed by atoms with Gasteiger partial charge in [0.05, 0.1) is 11.3 Å². The molecule has 7 nitrogen and oxygen atoms in total. The molecule has 0 bridgehead atoms. The number of aryl methyl sites for hydroxylation is 2. The van der Waals surface area contributed by atoms with E-state index in [1.54, 1.807) is 0 Å². The highest BCUT2D eigenvalue weighted by molar-refractivity contribution is 7.98. The number of nitrogens with two attached hydrogens (primary N) is 1. The summed E-state index contributed by atoms with van der Waals surface area (Å²) in [6.07, 6.45) is 3.07. The highest BCUT2D eigenvalue weighted by atomic mass is 32.2. The van der Waals surface area contributed by atoms with Crippen LogP contribution in [0.3, 0.4) is 0 Å². The number of rotatable bonds is 5. The molecular formula is C21H21N7S. The quantitative estimate of drug-likeness (QED) is 0.617. The summed E-state index contributed by atoms with van der Waals surface area (Å²) in [4.78, 5) is 17.7. The maximum Gasteiger partial charge on any atom is 0.232 e. The Morgan fingerprint density at radius 3 is 2.76 bits per heavy atom. The van der Waals surface area contributed by atoms with E-state index in [2.05, 4.69) is 26.3 Å². The summed E-state index contributed by atoms with van der Waals surface area (Å²) in [5.41, 5.74) is 11.9. The molecule has 0 spiro atoms. The molecule has 0 atom stereocenters. The molecule has 2 aromatic heterocycles. The van der Waals surface area contributed by atoms with Gasteiger partial charge in [-0.05, 0) is 55.9 Å². The van der Waals surface area contributed by atoms with Gasteiger partial charge in [0, 0.05) is 11.4 Å². The summed E-state index contributed by atoms with van der Waals surface area (Å²) >= 11 is 1.46. The lowest BCUT2D eigenvalue weighted by atomic mass is 10.0. The van der Waals surface area contributed by atoms with E-state index >= 15 is 0 Å². The SMILES string of the molecule is Cc1ccccc1Nc1nc(N)nc(CSc2nc3c(c(C)c2C#N)CCC3)n1. The van der Waals surface area contributed by atoms with Gasteiger partial charge in [0.15, 0.2) is 0 Å². The Morgan fingerprint density at radius 2 is 1.97 bits per heavy atom. The number of hydrogen-bond donors (Lipinski definition) is 2. The second-order valence-corrected chi connectivity index (χ2v) is 7.93. The molecule has 0 saturated carbocycles. The van der Waals surface area contributed by atoms with E-state index in [0.29, 0.717) is 23.1 Å². The molecular weight excluding hydrogens is 382 g/mol. The molecule has 0 aliphatic heterocycles. The molecule has 1 aliphatic carbocycles. The first-order valence-electron chi connectivity index (χ1n) is 9.43. The fraction of sp³-hybridized carbons (Fsp3) is 0.286. The average molecular weight is 404 g/mol.